The number of nitrogens with one attached hydrogen (secondary N) is 2. The van der Waals surface area contributed by atoms with Crippen LogP contribution in [-0.2, 0) is 16.2 Å². The van der Waals surface area contributed by atoms with Crippen LogP contribution in [0.2, 0.25) is 0 Å². The van der Waals surface area contributed by atoms with Gasteiger partial charge in [-0.3, -0.25) is 4.98 Å². The lowest BCUT2D eigenvalue weighted by Gasteiger charge is -2.29. The van der Waals surface area contributed by atoms with Gasteiger partial charge in [0.2, 0.25) is 10.0 Å². The lowest BCUT2D eigenvalue weighted by molar-refractivity contribution is -0.141. The molecule has 2 N–H and O–H groups in total. The Morgan fingerprint density at radius 3 is 2.42 bits per heavy atom. The van der Waals surface area contributed by atoms with Gasteiger partial charge in [-0.2, -0.15) is 13.2 Å². The zero-order valence-corrected chi connectivity index (χ0v) is 18.7. The van der Waals surface area contributed by atoms with Gasteiger partial charge in [0.1, 0.15) is 5.69 Å². The third kappa shape index (κ3) is 5.56. The summed E-state index contributed by atoms with van der Waals surface area (Å²) >= 11 is 1.47. The topological polar surface area (TPSA) is 84.0 Å². The number of nitrogens with zero attached hydrogens (tertiary/aromatic N) is 2. The summed E-state index contributed by atoms with van der Waals surface area (Å²) in [4.78, 5) is 9.00. The molecular weight excluding hydrogens is 449 g/mol. The van der Waals surface area contributed by atoms with Crippen molar-refractivity contribution < 1.29 is 21.6 Å². The maximum atomic E-state index is 12.7. The molecule has 2 aliphatic rings. The Bertz CT molecular complexity index is 1010. The van der Waals surface area contributed by atoms with Gasteiger partial charge in [0.25, 0.3) is 0 Å². The summed E-state index contributed by atoms with van der Waals surface area (Å²) in [6.07, 6.45) is 2.00. The third-order valence-electron chi connectivity index (χ3n) is 5.83. The first-order chi connectivity index (χ1) is 14.6. The number of alkyl halides is 3. The Morgan fingerprint density at radius 2 is 1.84 bits per heavy atom. The molecule has 0 atom stereocenters. The Morgan fingerprint density at radius 1 is 1.13 bits per heavy atom. The molecule has 0 bridgehead atoms. The molecule has 4 rings (SSSR count). The first-order valence-electron chi connectivity index (χ1n) is 10.4. The van der Waals surface area contributed by atoms with E-state index in [0.717, 1.165) is 54.6 Å². The fourth-order valence-electron chi connectivity index (χ4n) is 3.84. The molecule has 0 radical (unpaired) electrons. The molecule has 31 heavy (non-hydrogen) atoms. The van der Waals surface area contributed by atoms with Crippen LogP contribution >= 0.6 is 11.3 Å². The van der Waals surface area contributed by atoms with Crippen molar-refractivity contribution in [3.05, 3.63) is 28.9 Å². The Balaban J connectivity index is 1.31. The van der Waals surface area contributed by atoms with Crippen LogP contribution in [0, 0.1) is 12.8 Å². The van der Waals surface area contributed by atoms with Gasteiger partial charge in [-0.1, -0.05) is 0 Å². The molecule has 0 aliphatic heterocycles. The molecule has 2 fully saturated rings. The van der Waals surface area contributed by atoms with E-state index in [1.807, 2.05) is 6.92 Å². The fourth-order valence-corrected chi connectivity index (χ4v) is 6.22. The summed E-state index contributed by atoms with van der Waals surface area (Å²) in [5.41, 5.74) is 0.275. The summed E-state index contributed by atoms with van der Waals surface area (Å²) in [5, 5.41) is 3.99. The number of hydrogen-bond acceptors (Lipinski definition) is 6. The molecular formula is C20H25F3N4O2S2. The normalized spacial score (nSPS) is 22.5. The van der Waals surface area contributed by atoms with Crippen molar-refractivity contribution in [2.75, 3.05) is 11.9 Å². The Kier molecular flexibility index (Phi) is 6.28. The number of sulfonamides is 1. The number of aromatic nitrogens is 2. The summed E-state index contributed by atoms with van der Waals surface area (Å²) < 4.78 is 64.9. The molecule has 0 aromatic carbocycles. The van der Waals surface area contributed by atoms with E-state index in [0.29, 0.717) is 23.7 Å². The van der Waals surface area contributed by atoms with Crippen LogP contribution < -0.4 is 10.0 Å². The summed E-state index contributed by atoms with van der Waals surface area (Å²) in [6, 6.07) is 2.62. The molecule has 0 spiro atoms. The van der Waals surface area contributed by atoms with Gasteiger partial charge >= 0.3 is 6.18 Å². The summed E-state index contributed by atoms with van der Waals surface area (Å²) in [5.74, 6) is 0.346. The zero-order chi connectivity index (χ0) is 22.2. The lowest BCUT2D eigenvalue weighted by Crippen LogP contribution is -2.35. The van der Waals surface area contributed by atoms with Crippen LogP contribution in [0.1, 0.15) is 49.1 Å². The van der Waals surface area contributed by atoms with E-state index in [2.05, 4.69) is 20.0 Å². The number of hydrogen-bond donors (Lipinski definition) is 2. The monoisotopic (exact) mass is 474 g/mol. The van der Waals surface area contributed by atoms with Crippen molar-refractivity contribution in [1.29, 1.82) is 0 Å². The van der Waals surface area contributed by atoms with E-state index >= 15 is 0 Å². The van der Waals surface area contributed by atoms with Crippen molar-refractivity contribution in [3.8, 4) is 11.3 Å². The molecule has 0 saturated heterocycles. The van der Waals surface area contributed by atoms with Crippen molar-refractivity contribution in [1.82, 2.24) is 14.7 Å². The highest BCUT2D eigenvalue weighted by atomic mass is 32.2. The van der Waals surface area contributed by atoms with Crippen LogP contribution in [-0.4, -0.2) is 36.2 Å². The average Bonchev–Trinajstić information content (AvgIpc) is 3.52. The molecule has 2 saturated carbocycles. The van der Waals surface area contributed by atoms with Crippen LogP contribution in [0.3, 0.4) is 0 Å². The highest BCUT2D eigenvalue weighted by molar-refractivity contribution is 7.90. The number of rotatable bonds is 7. The second-order valence-corrected chi connectivity index (χ2v) is 11.6. The quantitative estimate of drug-likeness (QED) is 0.614. The molecule has 6 nitrogen and oxygen atoms in total. The predicted molar refractivity (Wildman–Crippen MR) is 114 cm³/mol. The van der Waals surface area contributed by atoms with Crippen molar-refractivity contribution in [2.24, 2.45) is 5.92 Å². The minimum Gasteiger partial charge on any atom is -0.359 e. The highest BCUT2D eigenvalue weighted by Crippen LogP contribution is 2.34. The molecule has 170 valence electrons. The summed E-state index contributed by atoms with van der Waals surface area (Å²) in [7, 11) is -3.13. The van der Waals surface area contributed by atoms with E-state index in [-0.39, 0.29) is 11.3 Å². The second kappa shape index (κ2) is 8.67. The number of thiazole rings is 1. The van der Waals surface area contributed by atoms with E-state index in [9.17, 15) is 21.6 Å². The molecule has 2 heterocycles. The maximum Gasteiger partial charge on any atom is 0.433 e. The first-order valence-corrected chi connectivity index (χ1v) is 12.7. The Hall–Kier alpha value is -1.72. The second-order valence-electron chi connectivity index (χ2n) is 8.31. The van der Waals surface area contributed by atoms with Gasteiger partial charge in [-0.25, -0.2) is 18.1 Å². The maximum absolute atomic E-state index is 12.7. The van der Waals surface area contributed by atoms with E-state index in [1.54, 1.807) is 0 Å². The average molecular weight is 475 g/mol. The smallest absolute Gasteiger partial charge is 0.359 e. The standard InChI is InChI=1S/C20H25F3N4O2S2/c1-12-18(14-4-9-17(24-11-14)20(21,22)23)27-19(30-12)26-15-5-2-13(3-6-15)10-25-31(28,29)16-7-8-16/h4,9,11,13,15-16,25H,2-3,5-8,10H2,1H3,(H,26,27). The van der Waals surface area contributed by atoms with Gasteiger partial charge in [0.15, 0.2) is 5.13 Å². The predicted octanol–water partition coefficient (Wildman–Crippen LogP) is 4.58. The van der Waals surface area contributed by atoms with Gasteiger partial charge in [-0.05, 0) is 63.5 Å². The lowest BCUT2D eigenvalue weighted by atomic mass is 9.86. The van der Waals surface area contributed by atoms with Crippen molar-refractivity contribution in [2.45, 2.75) is 62.9 Å². The van der Waals surface area contributed by atoms with Crippen LogP contribution in [0.15, 0.2) is 18.3 Å². The number of anilines is 1. The SMILES string of the molecule is Cc1sc(NC2CCC(CNS(=O)(=O)C3CC3)CC2)nc1-c1ccc(C(F)(F)F)nc1. The largest absolute Gasteiger partial charge is 0.433 e. The number of aryl methyl sites for hydroxylation is 1. The molecule has 2 aromatic heterocycles. The summed E-state index contributed by atoms with van der Waals surface area (Å²) in [6.45, 7) is 2.39. The molecule has 0 unspecified atom stereocenters. The van der Waals surface area contributed by atoms with E-state index < -0.39 is 21.9 Å². The minimum atomic E-state index is -4.46. The van der Waals surface area contributed by atoms with Crippen molar-refractivity contribution >= 4 is 26.5 Å². The van der Waals surface area contributed by atoms with Crippen LogP contribution in [0.25, 0.3) is 11.3 Å². The van der Waals surface area contributed by atoms with Gasteiger partial charge < -0.3 is 5.32 Å². The fraction of sp³-hybridized carbons (Fsp3) is 0.600. The number of halogens is 3. The van der Waals surface area contributed by atoms with Gasteiger partial charge in [0.05, 0.1) is 10.9 Å². The van der Waals surface area contributed by atoms with E-state index in [4.69, 9.17) is 0 Å². The number of pyridine rings is 1. The van der Waals surface area contributed by atoms with Gasteiger partial charge in [-0.15, -0.1) is 11.3 Å². The Labute approximate surface area is 183 Å². The molecule has 0 amide bonds. The van der Waals surface area contributed by atoms with Gasteiger partial charge in [0, 0.05) is 29.2 Å². The first kappa shape index (κ1) is 22.5. The van der Waals surface area contributed by atoms with Crippen LogP contribution in [0.5, 0.6) is 0 Å². The van der Waals surface area contributed by atoms with Crippen molar-refractivity contribution in [3.63, 3.8) is 0 Å². The minimum absolute atomic E-state index is 0.187. The molecule has 2 aliphatic carbocycles. The zero-order valence-electron chi connectivity index (χ0n) is 17.1. The third-order valence-corrected chi connectivity index (χ3v) is 8.65. The van der Waals surface area contributed by atoms with E-state index in [1.165, 1.54) is 23.6 Å². The van der Waals surface area contributed by atoms with Crippen LogP contribution in [0.4, 0.5) is 18.3 Å². The molecule has 11 heteroatoms. The molecule has 2 aromatic rings. The highest BCUT2D eigenvalue weighted by Gasteiger charge is 2.36.